The van der Waals surface area contributed by atoms with E-state index < -0.39 is 11.9 Å². The second-order valence-corrected chi connectivity index (χ2v) is 5.79. The molecule has 0 fully saturated rings. The summed E-state index contributed by atoms with van der Waals surface area (Å²) in [6.07, 6.45) is 0.949. The van der Waals surface area contributed by atoms with Crippen LogP contribution in [-0.4, -0.2) is 32.0 Å². The Morgan fingerprint density at radius 3 is 2.31 bits per heavy atom. The highest BCUT2D eigenvalue weighted by atomic mass is 16.4. The standard InChI is InChI=1S/C19H18N4O3/c1-3-13-4-10-16(11-5-13)23-12(2)17(21-22-23)18(24)20-15-8-6-14(7-9-15)19(25)26/h4-11H,3H2,1-2H3,(H,20,24)(H,25,26). The molecule has 7 heteroatoms. The van der Waals surface area contributed by atoms with E-state index in [-0.39, 0.29) is 11.3 Å². The largest absolute Gasteiger partial charge is 0.478 e. The van der Waals surface area contributed by atoms with Crippen molar-refractivity contribution in [3.63, 3.8) is 0 Å². The van der Waals surface area contributed by atoms with Gasteiger partial charge in [-0.05, 0) is 55.3 Å². The average molecular weight is 350 g/mol. The summed E-state index contributed by atoms with van der Waals surface area (Å²) in [5, 5.41) is 19.7. The molecule has 0 spiro atoms. The number of aromatic nitrogens is 3. The smallest absolute Gasteiger partial charge is 0.335 e. The van der Waals surface area contributed by atoms with Gasteiger partial charge in [-0.15, -0.1) is 5.10 Å². The van der Waals surface area contributed by atoms with Crippen LogP contribution in [-0.2, 0) is 6.42 Å². The number of hydrogen-bond donors (Lipinski definition) is 2. The van der Waals surface area contributed by atoms with Crippen molar-refractivity contribution in [1.82, 2.24) is 15.0 Å². The normalized spacial score (nSPS) is 10.5. The molecule has 7 nitrogen and oxygen atoms in total. The third-order valence-electron chi connectivity index (χ3n) is 4.09. The molecule has 3 rings (SSSR count). The fourth-order valence-electron chi connectivity index (χ4n) is 2.54. The SMILES string of the molecule is CCc1ccc(-n2nnc(C(=O)Nc3ccc(C(=O)O)cc3)c2C)cc1. The fraction of sp³-hybridized carbons (Fsp3) is 0.158. The lowest BCUT2D eigenvalue weighted by atomic mass is 10.1. The number of rotatable bonds is 5. The molecular weight excluding hydrogens is 332 g/mol. The number of aromatic carboxylic acids is 1. The molecule has 0 aliphatic rings. The van der Waals surface area contributed by atoms with Crippen LogP contribution >= 0.6 is 0 Å². The van der Waals surface area contributed by atoms with Gasteiger partial charge < -0.3 is 10.4 Å². The van der Waals surface area contributed by atoms with Crippen molar-refractivity contribution in [3.8, 4) is 5.69 Å². The predicted molar refractivity (Wildman–Crippen MR) is 96.8 cm³/mol. The van der Waals surface area contributed by atoms with Crippen molar-refractivity contribution < 1.29 is 14.7 Å². The Morgan fingerprint density at radius 1 is 1.08 bits per heavy atom. The van der Waals surface area contributed by atoms with E-state index in [4.69, 9.17) is 5.11 Å². The first-order valence-electron chi connectivity index (χ1n) is 8.16. The number of carbonyl (C=O) groups excluding carboxylic acids is 1. The van der Waals surface area contributed by atoms with Crippen LogP contribution in [0.1, 0.15) is 39.0 Å². The van der Waals surface area contributed by atoms with Gasteiger partial charge in [0.1, 0.15) is 0 Å². The van der Waals surface area contributed by atoms with E-state index in [1.165, 1.54) is 29.8 Å². The number of amides is 1. The van der Waals surface area contributed by atoms with Gasteiger partial charge in [0.25, 0.3) is 5.91 Å². The second kappa shape index (κ2) is 7.18. The molecule has 0 aliphatic heterocycles. The Balaban J connectivity index is 1.79. The molecule has 0 saturated heterocycles. The lowest BCUT2D eigenvalue weighted by Crippen LogP contribution is -2.14. The summed E-state index contributed by atoms with van der Waals surface area (Å²) in [4.78, 5) is 23.3. The highest BCUT2D eigenvalue weighted by Gasteiger charge is 2.17. The molecule has 0 radical (unpaired) electrons. The topological polar surface area (TPSA) is 97.1 Å². The van der Waals surface area contributed by atoms with Gasteiger partial charge in [-0.2, -0.15) is 0 Å². The summed E-state index contributed by atoms with van der Waals surface area (Å²) in [6.45, 7) is 3.86. The molecule has 0 unspecified atom stereocenters. The van der Waals surface area contributed by atoms with Gasteiger partial charge in [0, 0.05) is 5.69 Å². The van der Waals surface area contributed by atoms with Crippen LogP contribution in [0.4, 0.5) is 5.69 Å². The third kappa shape index (κ3) is 3.46. The van der Waals surface area contributed by atoms with Crippen LogP contribution in [0, 0.1) is 6.92 Å². The van der Waals surface area contributed by atoms with Gasteiger partial charge in [0.15, 0.2) is 5.69 Å². The first-order valence-corrected chi connectivity index (χ1v) is 8.16. The molecule has 0 atom stereocenters. The molecule has 2 aromatic carbocycles. The van der Waals surface area contributed by atoms with Crippen LogP contribution in [0.2, 0.25) is 0 Å². The molecule has 0 bridgehead atoms. The van der Waals surface area contributed by atoms with Crippen LogP contribution in [0.3, 0.4) is 0 Å². The number of nitrogens with zero attached hydrogens (tertiary/aromatic N) is 3. The lowest BCUT2D eigenvalue weighted by molar-refractivity contribution is 0.0696. The van der Waals surface area contributed by atoms with Crippen molar-refractivity contribution in [3.05, 3.63) is 71.0 Å². The highest BCUT2D eigenvalue weighted by Crippen LogP contribution is 2.16. The molecule has 26 heavy (non-hydrogen) atoms. The number of benzene rings is 2. The summed E-state index contributed by atoms with van der Waals surface area (Å²) in [6, 6.07) is 13.8. The minimum absolute atomic E-state index is 0.153. The average Bonchev–Trinajstić information content (AvgIpc) is 3.04. The number of anilines is 1. The summed E-state index contributed by atoms with van der Waals surface area (Å²) < 4.78 is 1.61. The molecular formula is C19H18N4O3. The monoisotopic (exact) mass is 350 g/mol. The number of nitrogens with one attached hydrogen (secondary N) is 1. The Morgan fingerprint density at radius 2 is 1.73 bits per heavy atom. The lowest BCUT2D eigenvalue weighted by Gasteiger charge is -2.06. The zero-order valence-electron chi connectivity index (χ0n) is 14.4. The molecule has 2 N–H and O–H groups in total. The zero-order chi connectivity index (χ0) is 18.7. The molecule has 1 aromatic heterocycles. The Kier molecular flexibility index (Phi) is 4.79. The maximum absolute atomic E-state index is 12.5. The summed E-state index contributed by atoms with van der Waals surface area (Å²) in [5.41, 5.74) is 3.52. The molecule has 0 aliphatic carbocycles. The fourth-order valence-corrected chi connectivity index (χ4v) is 2.54. The van der Waals surface area contributed by atoms with Gasteiger partial charge in [-0.3, -0.25) is 4.79 Å². The van der Waals surface area contributed by atoms with E-state index in [0.717, 1.165) is 12.1 Å². The minimum Gasteiger partial charge on any atom is -0.478 e. The van der Waals surface area contributed by atoms with Crippen LogP contribution in [0.5, 0.6) is 0 Å². The second-order valence-electron chi connectivity index (χ2n) is 5.79. The number of carbonyl (C=O) groups is 2. The van der Waals surface area contributed by atoms with Gasteiger partial charge in [-0.25, -0.2) is 9.48 Å². The molecule has 0 saturated carbocycles. The van der Waals surface area contributed by atoms with Gasteiger partial charge in [-0.1, -0.05) is 24.3 Å². The minimum atomic E-state index is -1.02. The number of carboxylic acid groups (broad SMARTS) is 1. The maximum Gasteiger partial charge on any atom is 0.335 e. The third-order valence-corrected chi connectivity index (χ3v) is 4.09. The summed E-state index contributed by atoms with van der Waals surface area (Å²) >= 11 is 0. The Bertz CT molecular complexity index is 944. The van der Waals surface area contributed by atoms with E-state index >= 15 is 0 Å². The zero-order valence-corrected chi connectivity index (χ0v) is 14.4. The number of hydrogen-bond acceptors (Lipinski definition) is 4. The van der Waals surface area contributed by atoms with E-state index in [1.54, 1.807) is 11.6 Å². The predicted octanol–water partition coefficient (Wildman–Crippen LogP) is 3.09. The number of carboxylic acids is 1. The van der Waals surface area contributed by atoms with Gasteiger partial charge in [0.05, 0.1) is 16.9 Å². The van der Waals surface area contributed by atoms with Crippen molar-refractivity contribution in [2.24, 2.45) is 0 Å². The van der Waals surface area contributed by atoms with Crippen molar-refractivity contribution in [2.75, 3.05) is 5.32 Å². The Labute approximate surface area is 150 Å². The summed E-state index contributed by atoms with van der Waals surface area (Å²) in [7, 11) is 0. The van der Waals surface area contributed by atoms with Gasteiger partial charge in [0.2, 0.25) is 0 Å². The first-order chi connectivity index (χ1) is 12.5. The summed E-state index contributed by atoms with van der Waals surface area (Å²) in [5.74, 6) is -1.42. The van der Waals surface area contributed by atoms with Crippen LogP contribution < -0.4 is 5.32 Å². The van der Waals surface area contributed by atoms with Crippen LogP contribution in [0.25, 0.3) is 5.69 Å². The van der Waals surface area contributed by atoms with Gasteiger partial charge >= 0.3 is 5.97 Å². The van der Waals surface area contributed by atoms with Crippen LogP contribution in [0.15, 0.2) is 48.5 Å². The van der Waals surface area contributed by atoms with E-state index in [9.17, 15) is 9.59 Å². The Hall–Kier alpha value is -3.48. The van der Waals surface area contributed by atoms with E-state index in [2.05, 4.69) is 22.6 Å². The maximum atomic E-state index is 12.5. The molecule has 132 valence electrons. The highest BCUT2D eigenvalue weighted by molar-refractivity contribution is 6.03. The molecule has 1 amide bonds. The van der Waals surface area contributed by atoms with E-state index in [0.29, 0.717) is 11.4 Å². The molecule has 3 aromatic rings. The van der Waals surface area contributed by atoms with E-state index in [1.807, 2.05) is 24.3 Å². The van der Waals surface area contributed by atoms with Crippen molar-refractivity contribution in [2.45, 2.75) is 20.3 Å². The number of aryl methyl sites for hydroxylation is 1. The quantitative estimate of drug-likeness (QED) is 0.737. The van der Waals surface area contributed by atoms with Crippen molar-refractivity contribution >= 4 is 17.6 Å². The van der Waals surface area contributed by atoms with Crippen molar-refractivity contribution in [1.29, 1.82) is 0 Å². The molecule has 1 heterocycles. The first kappa shape index (κ1) is 17.3.